The number of halogens is 1. The molecule has 3 aromatic rings. The number of carbonyl (C=O) groups excluding carboxylic acids is 1. The van der Waals surface area contributed by atoms with E-state index in [1.165, 1.54) is 28.8 Å². The van der Waals surface area contributed by atoms with Crippen LogP contribution in [0.25, 0.3) is 6.08 Å². The highest BCUT2D eigenvalue weighted by molar-refractivity contribution is 8.27. The lowest BCUT2D eigenvalue weighted by molar-refractivity contribution is -0.384. The molecule has 0 saturated carbocycles. The Morgan fingerprint density at radius 3 is 2.63 bits per heavy atom. The molecule has 0 radical (unpaired) electrons. The Morgan fingerprint density at radius 1 is 1.09 bits per heavy atom. The number of nitro benzene ring substituents is 1. The molecule has 3 aromatic carbocycles. The Hall–Kier alpha value is -3.40. The van der Waals surface area contributed by atoms with Gasteiger partial charge in [0.25, 0.3) is 11.6 Å². The zero-order chi connectivity index (χ0) is 24.9. The molecule has 1 amide bonds. The Kier molecular flexibility index (Phi) is 7.70. The number of carbonyl (C=O) groups is 1. The van der Waals surface area contributed by atoms with Crippen LogP contribution >= 0.6 is 35.6 Å². The van der Waals surface area contributed by atoms with Crippen molar-refractivity contribution in [2.75, 3.05) is 11.5 Å². The summed E-state index contributed by atoms with van der Waals surface area (Å²) < 4.78 is 12.0. The number of thioether (sulfide) groups is 1. The first-order valence-corrected chi connectivity index (χ1v) is 12.1. The lowest BCUT2D eigenvalue weighted by Crippen LogP contribution is -2.27. The van der Waals surface area contributed by atoms with Crippen molar-refractivity contribution in [2.24, 2.45) is 0 Å². The van der Waals surface area contributed by atoms with Gasteiger partial charge in [-0.1, -0.05) is 59.8 Å². The van der Waals surface area contributed by atoms with E-state index in [4.69, 9.17) is 33.3 Å². The minimum absolute atomic E-state index is 0.00145. The molecule has 1 aliphatic rings. The van der Waals surface area contributed by atoms with E-state index in [1.54, 1.807) is 60.7 Å². The number of rotatable bonds is 8. The second kappa shape index (κ2) is 10.9. The van der Waals surface area contributed by atoms with E-state index < -0.39 is 4.92 Å². The average Bonchev–Trinajstić information content (AvgIpc) is 3.11. The molecule has 1 aliphatic heterocycles. The lowest BCUT2D eigenvalue weighted by atomic mass is 10.1. The molecule has 1 saturated heterocycles. The van der Waals surface area contributed by atoms with E-state index in [9.17, 15) is 14.9 Å². The fourth-order valence-electron chi connectivity index (χ4n) is 3.38. The average molecular weight is 527 g/mol. The van der Waals surface area contributed by atoms with Gasteiger partial charge in [0.05, 0.1) is 22.1 Å². The number of benzene rings is 3. The summed E-state index contributed by atoms with van der Waals surface area (Å²) in [6.07, 6.45) is 1.75. The number of ether oxygens (including phenoxy) is 2. The maximum atomic E-state index is 13.0. The number of non-ortho nitro benzene ring substituents is 1. The van der Waals surface area contributed by atoms with E-state index in [0.717, 1.165) is 5.56 Å². The molecule has 4 rings (SSSR count). The third kappa shape index (κ3) is 5.82. The van der Waals surface area contributed by atoms with E-state index in [-0.39, 0.29) is 18.2 Å². The monoisotopic (exact) mass is 526 g/mol. The van der Waals surface area contributed by atoms with Crippen molar-refractivity contribution in [1.29, 1.82) is 0 Å². The first-order chi connectivity index (χ1) is 16.9. The maximum absolute atomic E-state index is 13.0. The van der Waals surface area contributed by atoms with E-state index >= 15 is 0 Å². The molecule has 35 heavy (non-hydrogen) atoms. The number of amides is 1. The zero-order valence-corrected chi connectivity index (χ0v) is 20.9. The molecule has 1 heterocycles. The minimum atomic E-state index is -0.445. The number of hydrogen-bond acceptors (Lipinski definition) is 7. The lowest BCUT2D eigenvalue weighted by Gasteiger charge is -2.14. The third-order valence-electron chi connectivity index (χ3n) is 4.94. The molecule has 7 nitrogen and oxygen atoms in total. The van der Waals surface area contributed by atoms with Gasteiger partial charge >= 0.3 is 0 Å². The Bertz CT molecular complexity index is 1340. The molecule has 0 atom stereocenters. The van der Waals surface area contributed by atoms with Crippen LogP contribution in [0.1, 0.15) is 18.1 Å². The summed E-state index contributed by atoms with van der Waals surface area (Å²) in [5.74, 6) is 0.755. The second-order valence-corrected chi connectivity index (χ2v) is 9.46. The fraction of sp³-hybridized carbons (Fsp3) is 0.120. The molecule has 178 valence electrons. The van der Waals surface area contributed by atoms with Gasteiger partial charge in [-0.2, -0.15) is 0 Å². The predicted octanol–water partition coefficient (Wildman–Crippen LogP) is 6.63. The Labute approximate surface area is 216 Å². The summed E-state index contributed by atoms with van der Waals surface area (Å²) in [6, 6.07) is 18.6. The van der Waals surface area contributed by atoms with Gasteiger partial charge < -0.3 is 9.47 Å². The Balaban J connectivity index is 1.54. The molecular formula is C25H19ClN2O5S2. The smallest absolute Gasteiger partial charge is 0.270 e. The third-order valence-corrected chi connectivity index (χ3v) is 6.48. The van der Waals surface area contributed by atoms with Crippen LogP contribution in [0.3, 0.4) is 0 Å². The molecule has 1 fully saturated rings. The number of nitro groups is 1. The molecule has 0 aliphatic carbocycles. The quantitative estimate of drug-likeness (QED) is 0.141. The normalized spacial score (nSPS) is 14.5. The van der Waals surface area contributed by atoms with Gasteiger partial charge in [-0.05, 0) is 54.5 Å². The summed E-state index contributed by atoms with van der Waals surface area (Å²) in [4.78, 5) is 25.5. The van der Waals surface area contributed by atoms with Gasteiger partial charge in [-0.15, -0.1) is 0 Å². The summed E-state index contributed by atoms with van der Waals surface area (Å²) in [7, 11) is 0. The predicted molar refractivity (Wildman–Crippen MR) is 142 cm³/mol. The van der Waals surface area contributed by atoms with Crippen molar-refractivity contribution >= 4 is 63.3 Å². The number of hydrogen-bond donors (Lipinski definition) is 0. The van der Waals surface area contributed by atoms with Gasteiger partial charge in [-0.25, -0.2) is 0 Å². The topological polar surface area (TPSA) is 81.9 Å². The van der Waals surface area contributed by atoms with E-state index in [1.807, 2.05) is 6.92 Å². The summed E-state index contributed by atoms with van der Waals surface area (Å²) in [5, 5.41) is 11.5. The highest BCUT2D eigenvalue weighted by Gasteiger charge is 2.33. The first kappa shape index (κ1) is 24.7. The van der Waals surface area contributed by atoms with Gasteiger partial charge in [0.1, 0.15) is 6.61 Å². The SMILES string of the molecule is CCOc1cc(/C=C2/SC(=S)N(c3cccc(Cl)c3)C2=O)ccc1OCc1cccc([N+](=O)[O-])c1. The molecular weight excluding hydrogens is 508 g/mol. The van der Waals surface area contributed by atoms with E-state index in [2.05, 4.69) is 0 Å². The van der Waals surface area contributed by atoms with Crippen molar-refractivity contribution in [3.8, 4) is 11.5 Å². The molecule has 0 spiro atoms. The van der Waals surface area contributed by atoms with Crippen LogP contribution in [0.2, 0.25) is 5.02 Å². The van der Waals surface area contributed by atoms with Crippen molar-refractivity contribution in [1.82, 2.24) is 0 Å². The van der Waals surface area contributed by atoms with Crippen LogP contribution in [0, 0.1) is 10.1 Å². The largest absolute Gasteiger partial charge is 0.490 e. The van der Waals surface area contributed by atoms with Crippen molar-refractivity contribution < 1.29 is 19.2 Å². The molecule has 0 bridgehead atoms. The maximum Gasteiger partial charge on any atom is 0.270 e. The van der Waals surface area contributed by atoms with Crippen LogP contribution in [0.4, 0.5) is 11.4 Å². The standard InChI is InChI=1S/C25H19ClN2O5S2/c1-2-32-22-12-16(9-10-21(22)33-15-17-5-3-8-20(11-17)28(30)31)13-23-24(29)27(25(34)35-23)19-7-4-6-18(26)14-19/h3-14H,2,15H2,1H3/b23-13+. The van der Waals surface area contributed by atoms with Crippen molar-refractivity contribution in [3.63, 3.8) is 0 Å². The molecule has 0 unspecified atom stereocenters. The fourth-order valence-corrected chi connectivity index (χ4v) is 4.86. The molecule has 0 N–H and O–H groups in total. The number of anilines is 1. The van der Waals surface area contributed by atoms with Crippen LogP contribution < -0.4 is 14.4 Å². The van der Waals surface area contributed by atoms with Crippen molar-refractivity contribution in [2.45, 2.75) is 13.5 Å². The van der Waals surface area contributed by atoms with E-state index in [0.29, 0.717) is 43.6 Å². The van der Waals surface area contributed by atoms with Gasteiger partial charge in [0.2, 0.25) is 0 Å². The van der Waals surface area contributed by atoms with Crippen LogP contribution in [0.5, 0.6) is 11.5 Å². The van der Waals surface area contributed by atoms with Crippen LogP contribution in [-0.4, -0.2) is 21.8 Å². The van der Waals surface area contributed by atoms with Crippen LogP contribution in [0.15, 0.2) is 71.6 Å². The van der Waals surface area contributed by atoms with Gasteiger partial charge in [0, 0.05) is 17.2 Å². The Morgan fingerprint density at radius 2 is 1.89 bits per heavy atom. The van der Waals surface area contributed by atoms with Crippen LogP contribution in [-0.2, 0) is 11.4 Å². The number of thiocarbonyl (C=S) groups is 1. The summed E-state index contributed by atoms with van der Waals surface area (Å²) in [6.45, 7) is 2.40. The minimum Gasteiger partial charge on any atom is -0.490 e. The number of nitrogens with zero attached hydrogens (tertiary/aromatic N) is 2. The van der Waals surface area contributed by atoms with Gasteiger partial charge in [0.15, 0.2) is 15.8 Å². The highest BCUT2D eigenvalue weighted by Crippen LogP contribution is 2.38. The van der Waals surface area contributed by atoms with Crippen molar-refractivity contribution in [3.05, 3.63) is 97.9 Å². The molecule has 10 heteroatoms. The zero-order valence-electron chi connectivity index (χ0n) is 18.5. The van der Waals surface area contributed by atoms with Gasteiger partial charge in [-0.3, -0.25) is 19.8 Å². The highest BCUT2D eigenvalue weighted by atomic mass is 35.5. The summed E-state index contributed by atoms with van der Waals surface area (Å²) in [5.41, 5.74) is 2.02. The first-order valence-electron chi connectivity index (χ1n) is 10.5. The molecule has 0 aromatic heterocycles. The summed E-state index contributed by atoms with van der Waals surface area (Å²) >= 11 is 12.7. The second-order valence-electron chi connectivity index (χ2n) is 7.35.